The summed E-state index contributed by atoms with van der Waals surface area (Å²) in [6, 6.07) is 37.4. The Hall–Kier alpha value is -5.69. The number of nitrogens with zero attached hydrogens (tertiary/aromatic N) is 2. The van der Waals surface area contributed by atoms with Crippen molar-refractivity contribution < 1.29 is 19.4 Å². The van der Waals surface area contributed by atoms with Gasteiger partial charge >= 0.3 is 5.97 Å². The van der Waals surface area contributed by atoms with E-state index in [1.54, 1.807) is 19.2 Å². The van der Waals surface area contributed by atoms with Crippen molar-refractivity contribution in [1.29, 1.82) is 0 Å². The summed E-state index contributed by atoms with van der Waals surface area (Å²) >= 11 is 0. The second kappa shape index (κ2) is 12.0. The van der Waals surface area contributed by atoms with Crippen LogP contribution in [0.5, 0.6) is 11.5 Å². The van der Waals surface area contributed by atoms with E-state index in [2.05, 4.69) is 23.2 Å². The third-order valence-electron chi connectivity index (χ3n) is 7.14. The van der Waals surface area contributed by atoms with E-state index in [9.17, 15) is 9.90 Å². The molecule has 0 aliphatic carbocycles. The van der Waals surface area contributed by atoms with E-state index < -0.39 is 12.1 Å². The molecule has 1 aromatic heterocycles. The highest BCUT2D eigenvalue weighted by Gasteiger charge is 2.21. The molecule has 0 saturated carbocycles. The van der Waals surface area contributed by atoms with Crippen LogP contribution in [0.2, 0.25) is 0 Å². The summed E-state index contributed by atoms with van der Waals surface area (Å²) < 4.78 is 10.9. The fourth-order valence-corrected chi connectivity index (χ4v) is 4.83. The van der Waals surface area contributed by atoms with Gasteiger partial charge in [0, 0.05) is 22.4 Å². The predicted octanol–water partition coefficient (Wildman–Crippen LogP) is 7.83. The van der Waals surface area contributed by atoms with E-state index >= 15 is 0 Å². The molecule has 1 atom stereocenters. The Morgan fingerprint density at radius 2 is 1.40 bits per heavy atom. The van der Waals surface area contributed by atoms with E-state index in [1.165, 1.54) is 6.92 Å². The fourth-order valence-electron chi connectivity index (χ4n) is 4.83. The van der Waals surface area contributed by atoms with Crippen LogP contribution in [0.15, 0.2) is 131 Å². The number of carbonyl (C=O) groups is 1. The lowest BCUT2D eigenvalue weighted by Crippen LogP contribution is -2.22. The SMILES string of the molecule is COc1ccc(-c2cc(-c3ccccc3)[nH]c2N=C2N=C(c3ccccc3)C=C2c2ccc(OC(C)C(=O)O)cc2)cc1. The van der Waals surface area contributed by atoms with Gasteiger partial charge in [0.15, 0.2) is 11.9 Å². The van der Waals surface area contributed by atoms with Crippen LogP contribution in [0.1, 0.15) is 18.1 Å². The smallest absolute Gasteiger partial charge is 0.344 e. The number of allylic oxidation sites excluding steroid dienone is 1. The highest BCUT2D eigenvalue weighted by atomic mass is 16.5. The Bertz CT molecular complexity index is 1840. The zero-order valence-electron chi connectivity index (χ0n) is 23.7. The number of rotatable bonds is 9. The number of nitrogens with one attached hydrogen (secondary N) is 1. The lowest BCUT2D eigenvalue weighted by molar-refractivity contribution is -0.144. The number of hydrogen-bond donors (Lipinski definition) is 2. The first-order valence-electron chi connectivity index (χ1n) is 13.9. The van der Waals surface area contributed by atoms with Crippen molar-refractivity contribution in [2.24, 2.45) is 9.98 Å². The fraction of sp³-hybridized carbons (Fsp3) is 0.0833. The Kier molecular flexibility index (Phi) is 7.70. The summed E-state index contributed by atoms with van der Waals surface area (Å²) in [5.41, 5.74) is 7.41. The highest BCUT2D eigenvalue weighted by molar-refractivity contribution is 6.38. The van der Waals surface area contributed by atoms with E-state index in [0.29, 0.717) is 17.4 Å². The van der Waals surface area contributed by atoms with Crippen LogP contribution in [0.25, 0.3) is 28.0 Å². The predicted molar refractivity (Wildman–Crippen MR) is 170 cm³/mol. The molecule has 0 amide bonds. The Morgan fingerprint density at radius 3 is 2.02 bits per heavy atom. The van der Waals surface area contributed by atoms with Gasteiger partial charge in [0.05, 0.1) is 12.8 Å². The van der Waals surface area contributed by atoms with E-state index in [1.807, 2.05) is 91.0 Å². The Balaban J connectivity index is 1.45. The average molecular weight is 568 g/mol. The van der Waals surface area contributed by atoms with Gasteiger partial charge in [-0.3, -0.25) is 0 Å². The molecule has 0 radical (unpaired) electrons. The molecule has 7 nitrogen and oxygen atoms in total. The lowest BCUT2D eigenvalue weighted by Gasteiger charge is -2.11. The third-order valence-corrected chi connectivity index (χ3v) is 7.14. The van der Waals surface area contributed by atoms with Crippen LogP contribution in [0, 0.1) is 0 Å². The summed E-state index contributed by atoms with van der Waals surface area (Å²) in [6.45, 7) is 1.50. The number of carboxylic acids is 1. The molecule has 0 saturated heterocycles. The summed E-state index contributed by atoms with van der Waals surface area (Å²) in [5.74, 6) is 1.46. The third kappa shape index (κ3) is 6.01. The van der Waals surface area contributed by atoms with Crippen molar-refractivity contribution in [1.82, 2.24) is 4.98 Å². The summed E-state index contributed by atoms with van der Waals surface area (Å²) in [4.78, 5) is 24.9. The normalized spacial score (nSPS) is 14.2. The van der Waals surface area contributed by atoms with Gasteiger partial charge in [-0.15, -0.1) is 0 Å². The largest absolute Gasteiger partial charge is 0.497 e. The maximum absolute atomic E-state index is 11.2. The maximum Gasteiger partial charge on any atom is 0.344 e. The quantitative estimate of drug-likeness (QED) is 0.190. The minimum absolute atomic E-state index is 0.471. The molecule has 1 aliphatic rings. The standard InChI is InChI=1S/C36H29N3O4/c1-23(36(40)41)43-29-19-15-25(16-20-29)31-22-33(27-11-7-4-8-12-27)38-35(31)39-34-30(24-13-17-28(42-2)18-14-24)21-32(37-34)26-9-5-3-6-10-26/h3-23,37H,1-2H3,(H,40,41). The topological polar surface area (TPSA) is 96.3 Å². The van der Waals surface area contributed by atoms with Crippen molar-refractivity contribution in [2.45, 2.75) is 13.0 Å². The molecule has 0 bridgehead atoms. The number of ether oxygens (including phenoxy) is 2. The summed E-state index contributed by atoms with van der Waals surface area (Å²) in [5, 5.41) is 9.21. The van der Waals surface area contributed by atoms with Crippen molar-refractivity contribution in [3.05, 3.63) is 132 Å². The van der Waals surface area contributed by atoms with Crippen LogP contribution < -0.4 is 9.47 Å². The lowest BCUT2D eigenvalue weighted by atomic mass is 10.0. The van der Waals surface area contributed by atoms with Crippen LogP contribution in [-0.4, -0.2) is 40.8 Å². The molecule has 2 N–H and O–H groups in total. The average Bonchev–Trinajstić information content (AvgIpc) is 3.67. The van der Waals surface area contributed by atoms with Gasteiger partial charge in [0.25, 0.3) is 0 Å². The molecular formula is C36H29N3O4. The first-order valence-corrected chi connectivity index (χ1v) is 13.9. The number of H-pyrrole nitrogens is 1. The molecule has 1 unspecified atom stereocenters. The molecule has 0 fully saturated rings. The van der Waals surface area contributed by atoms with Gasteiger partial charge in [-0.1, -0.05) is 84.9 Å². The molecule has 2 heterocycles. The van der Waals surface area contributed by atoms with E-state index in [4.69, 9.17) is 19.5 Å². The van der Waals surface area contributed by atoms with Gasteiger partial charge < -0.3 is 19.6 Å². The van der Waals surface area contributed by atoms with Crippen molar-refractivity contribution in [2.75, 3.05) is 7.11 Å². The first kappa shape index (κ1) is 27.5. The maximum atomic E-state index is 11.2. The first-order chi connectivity index (χ1) is 21.0. The number of methoxy groups -OCH3 is 1. The Morgan fingerprint density at radius 1 is 0.791 bits per heavy atom. The van der Waals surface area contributed by atoms with Crippen LogP contribution in [-0.2, 0) is 4.79 Å². The molecule has 4 aromatic carbocycles. The minimum Gasteiger partial charge on any atom is -0.497 e. The summed E-state index contributed by atoms with van der Waals surface area (Å²) in [7, 11) is 1.65. The van der Waals surface area contributed by atoms with Crippen LogP contribution >= 0.6 is 0 Å². The van der Waals surface area contributed by atoms with Crippen molar-refractivity contribution >= 4 is 28.9 Å². The number of aromatic nitrogens is 1. The number of carboxylic acid groups (broad SMARTS) is 1. The molecule has 43 heavy (non-hydrogen) atoms. The highest BCUT2D eigenvalue weighted by Crippen LogP contribution is 2.37. The van der Waals surface area contributed by atoms with E-state index in [0.717, 1.165) is 50.5 Å². The van der Waals surface area contributed by atoms with Crippen molar-refractivity contribution in [3.8, 4) is 33.9 Å². The Labute approximate surface area is 249 Å². The number of aliphatic carboxylic acids is 1. The molecule has 7 heteroatoms. The van der Waals surface area contributed by atoms with Crippen LogP contribution in [0.4, 0.5) is 5.82 Å². The molecule has 5 aromatic rings. The van der Waals surface area contributed by atoms with Crippen molar-refractivity contribution in [3.63, 3.8) is 0 Å². The van der Waals surface area contributed by atoms with Gasteiger partial charge in [0.2, 0.25) is 0 Å². The zero-order chi connectivity index (χ0) is 29.8. The monoisotopic (exact) mass is 567 g/mol. The molecule has 1 aliphatic heterocycles. The number of aromatic amines is 1. The van der Waals surface area contributed by atoms with Gasteiger partial charge in [-0.2, -0.15) is 0 Å². The second-order valence-electron chi connectivity index (χ2n) is 10.0. The number of amidine groups is 1. The van der Waals surface area contributed by atoms with Crippen LogP contribution in [0.3, 0.4) is 0 Å². The number of benzene rings is 4. The second-order valence-corrected chi connectivity index (χ2v) is 10.0. The van der Waals surface area contributed by atoms with Gasteiger partial charge in [-0.25, -0.2) is 14.8 Å². The van der Waals surface area contributed by atoms with E-state index in [-0.39, 0.29) is 0 Å². The zero-order valence-corrected chi connectivity index (χ0v) is 23.7. The molecule has 212 valence electrons. The number of aliphatic imine (C=N–C) groups is 2. The number of hydrogen-bond acceptors (Lipinski definition) is 4. The molecule has 0 spiro atoms. The summed E-state index contributed by atoms with van der Waals surface area (Å²) in [6.07, 6.45) is 1.07. The molecular weight excluding hydrogens is 538 g/mol. The minimum atomic E-state index is -1.02. The van der Waals surface area contributed by atoms with Gasteiger partial charge in [-0.05, 0) is 60.0 Å². The van der Waals surface area contributed by atoms with Gasteiger partial charge in [0.1, 0.15) is 17.3 Å². The molecule has 6 rings (SSSR count).